The molecule has 0 spiro atoms. The summed E-state index contributed by atoms with van der Waals surface area (Å²) in [6.45, 7) is 10.1. The first-order chi connectivity index (χ1) is 11.9. The largest absolute Gasteiger partial charge is 0.341 e. The van der Waals surface area contributed by atoms with E-state index in [2.05, 4.69) is 58.8 Å². The molecule has 7 heteroatoms. The smallest absolute Gasteiger partial charge is 0.233 e. The molecule has 0 aliphatic rings. The van der Waals surface area contributed by atoms with Gasteiger partial charge in [-0.15, -0.1) is 5.10 Å². The molecule has 0 aliphatic carbocycles. The van der Waals surface area contributed by atoms with Crippen molar-refractivity contribution < 1.29 is 4.79 Å². The maximum Gasteiger partial charge on any atom is 0.233 e. The molecular weight excluding hydrogens is 400 g/mol. The lowest BCUT2D eigenvalue weighted by molar-refractivity contribution is -0.129. The molecule has 1 N–H and O–H groups in total. The van der Waals surface area contributed by atoms with Crippen molar-refractivity contribution in [2.45, 2.75) is 32.9 Å². The minimum atomic E-state index is 0.139. The second-order valence-electron chi connectivity index (χ2n) is 6.82. The van der Waals surface area contributed by atoms with Crippen LogP contribution in [0.3, 0.4) is 0 Å². The van der Waals surface area contributed by atoms with Crippen LogP contribution in [-0.4, -0.2) is 44.8 Å². The average molecular weight is 425 g/mol. The molecule has 0 bridgehead atoms. The number of hydrogen-bond donors (Lipinski definition) is 1. The van der Waals surface area contributed by atoms with Crippen LogP contribution >= 0.6 is 27.7 Å². The van der Waals surface area contributed by atoms with Gasteiger partial charge in [0.05, 0.1) is 5.75 Å². The second kappa shape index (κ2) is 9.38. The average Bonchev–Trinajstić information content (AvgIpc) is 3.00. The van der Waals surface area contributed by atoms with E-state index in [1.807, 2.05) is 29.2 Å². The highest BCUT2D eigenvalue weighted by Gasteiger charge is 2.18. The summed E-state index contributed by atoms with van der Waals surface area (Å²) >= 11 is 4.89. The number of aromatic amines is 1. The maximum absolute atomic E-state index is 12.6. The number of hydrogen-bond acceptors (Lipinski definition) is 4. The van der Waals surface area contributed by atoms with Gasteiger partial charge >= 0.3 is 0 Å². The fourth-order valence-corrected chi connectivity index (χ4v) is 3.64. The van der Waals surface area contributed by atoms with E-state index in [-0.39, 0.29) is 5.91 Å². The Morgan fingerprint density at radius 1 is 1.20 bits per heavy atom. The molecule has 0 fully saturated rings. The van der Waals surface area contributed by atoms with Crippen LogP contribution in [0.25, 0.3) is 11.4 Å². The minimum Gasteiger partial charge on any atom is -0.341 e. The summed E-state index contributed by atoms with van der Waals surface area (Å²) in [6.07, 6.45) is 0. The van der Waals surface area contributed by atoms with Gasteiger partial charge in [0, 0.05) is 23.1 Å². The molecule has 0 radical (unpaired) electrons. The van der Waals surface area contributed by atoms with Gasteiger partial charge in [0.2, 0.25) is 11.1 Å². The first-order valence-electron chi connectivity index (χ1n) is 8.44. The normalized spacial score (nSPS) is 11.3. The summed E-state index contributed by atoms with van der Waals surface area (Å²) in [6, 6.07) is 7.84. The lowest BCUT2D eigenvalue weighted by atomic mass is 10.1. The Morgan fingerprint density at radius 2 is 1.84 bits per heavy atom. The molecule has 25 heavy (non-hydrogen) atoms. The van der Waals surface area contributed by atoms with Crippen LogP contribution in [-0.2, 0) is 4.79 Å². The van der Waals surface area contributed by atoms with Gasteiger partial charge in [-0.2, -0.15) is 0 Å². The molecule has 0 atom stereocenters. The first-order valence-corrected chi connectivity index (χ1v) is 10.2. The van der Waals surface area contributed by atoms with E-state index in [1.54, 1.807) is 0 Å². The third-order valence-corrected chi connectivity index (χ3v) is 4.97. The number of nitrogens with one attached hydrogen (secondary N) is 1. The van der Waals surface area contributed by atoms with Gasteiger partial charge in [-0.05, 0) is 17.9 Å². The highest BCUT2D eigenvalue weighted by molar-refractivity contribution is 9.10. The molecular formula is C18H25BrN4OS. The third-order valence-electron chi connectivity index (χ3n) is 3.44. The fourth-order valence-electron chi connectivity index (χ4n) is 2.46. The zero-order valence-electron chi connectivity index (χ0n) is 15.1. The summed E-state index contributed by atoms with van der Waals surface area (Å²) in [4.78, 5) is 19.0. The van der Waals surface area contributed by atoms with Crippen molar-refractivity contribution in [2.24, 2.45) is 11.8 Å². The van der Waals surface area contributed by atoms with E-state index in [0.717, 1.165) is 23.1 Å². The Morgan fingerprint density at radius 3 is 2.44 bits per heavy atom. The molecule has 1 amide bonds. The van der Waals surface area contributed by atoms with E-state index in [1.165, 1.54) is 11.8 Å². The summed E-state index contributed by atoms with van der Waals surface area (Å²) in [5.41, 5.74) is 0.953. The van der Waals surface area contributed by atoms with Gasteiger partial charge in [0.25, 0.3) is 0 Å². The van der Waals surface area contributed by atoms with Crippen LogP contribution in [0.5, 0.6) is 0 Å². The van der Waals surface area contributed by atoms with E-state index in [4.69, 9.17) is 0 Å². The minimum absolute atomic E-state index is 0.139. The van der Waals surface area contributed by atoms with Crippen LogP contribution in [0.4, 0.5) is 0 Å². The van der Waals surface area contributed by atoms with Crippen LogP contribution in [0.2, 0.25) is 0 Å². The van der Waals surface area contributed by atoms with Crippen LogP contribution in [0.15, 0.2) is 33.9 Å². The lowest BCUT2D eigenvalue weighted by Crippen LogP contribution is -2.38. The van der Waals surface area contributed by atoms with Gasteiger partial charge in [-0.3, -0.25) is 9.89 Å². The van der Waals surface area contributed by atoms with Crippen molar-refractivity contribution in [3.63, 3.8) is 0 Å². The summed E-state index contributed by atoms with van der Waals surface area (Å²) < 4.78 is 0.957. The third kappa shape index (κ3) is 6.15. The van der Waals surface area contributed by atoms with Gasteiger partial charge in [0.15, 0.2) is 5.82 Å². The Kier molecular flexibility index (Phi) is 7.50. The van der Waals surface area contributed by atoms with E-state index >= 15 is 0 Å². The van der Waals surface area contributed by atoms with Crippen LogP contribution in [0, 0.1) is 11.8 Å². The highest BCUT2D eigenvalue weighted by atomic mass is 79.9. The molecule has 2 aromatic rings. The van der Waals surface area contributed by atoms with Crippen molar-refractivity contribution in [3.8, 4) is 11.4 Å². The molecule has 1 heterocycles. The molecule has 136 valence electrons. The number of amides is 1. The number of H-pyrrole nitrogens is 1. The number of rotatable bonds is 8. The van der Waals surface area contributed by atoms with Crippen LogP contribution < -0.4 is 0 Å². The number of thioether (sulfide) groups is 1. The predicted molar refractivity (Wildman–Crippen MR) is 106 cm³/mol. The SMILES string of the molecule is CC(C)CN(CC(C)C)C(=O)CSc1n[nH]c(-c2ccccc2Br)n1. The van der Waals surface area contributed by atoms with E-state index < -0.39 is 0 Å². The molecule has 0 saturated heterocycles. The standard InChI is InChI=1S/C18H25BrN4OS/c1-12(2)9-23(10-13(3)4)16(24)11-25-18-20-17(21-22-18)14-7-5-6-8-15(14)19/h5-8,12-13H,9-11H2,1-4H3,(H,20,21,22). The first kappa shape index (κ1) is 20.0. The van der Waals surface area contributed by atoms with Crippen molar-refractivity contribution in [2.75, 3.05) is 18.8 Å². The molecule has 2 rings (SSSR count). The molecule has 0 unspecified atom stereocenters. The van der Waals surface area contributed by atoms with Gasteiger partial charge < -0.3 is 4.90 Å². The molecule has 1 aromatic carbocycles. The van der Waals surface area contributed by atoms with Gasteiger partial charge in [-0.1, -0.05) is 73.6 Å². The van der Waals surface area contributed by atoms with Crippen LogP contribution in [0.1, 0.15) is 27.7 Å². The monoisotopic (exact) mass is 424 g/mol. The maximum atomic E-state index is 12.6. The summed E-state index contributed by atoms with van der Waals surface area (Å²) in [7, 11) is 0. The summed E-state index contributed by atoms with van der Waals surface area (Å²) in [5.74, 6) is 2.10. The number of carbonyl (C=O) groups excluding carboxylic acids is 1. The quantitative estimate of drug-likeness (QED) is 0.634. The zero-order valence-corrected chi connectivity index (χ0v) is 17.5. The number of aromatic nitrogens is 3. The fraction of sp³-hybridized carbons (Fsp3) is 0.500. The van der Waals surface area contributed by atoms with Crippen molar-refractivity contribution in [1.82, 2.24) is 20.1 Å². The molecule has 5 nitrogen and oxygen atoms in total. The molecule has 0 aliphatic heterocycles. The van der Waals surface area contributed by atoms with Crippen molar-refractivity contribution in [1.29, 1.82) is 0 Å². The number of halogens is 1. The van der Waals surface area contributed by atoms with Crippen molar-refractivity contribution in [3.05, 3.63) is 28.7 Å². The number of carbonyl (C=O) groups is 1. The second-order valence-corrected chi connectivity index (χ2v) is 8.62. The molecule has 1 aromatic heterocycles. The predicted octanol–water partition coefficient (Wildman–Crippen LogP) is 4.47. The Bertz CT molecular complexity index is 692. The Balaban J connectivity index is 1.98. The highest BCUT2D eigenvalue weighted by Crippen LogP contribution is 2.26. The molecule has 0 saturated carbocycles. The topological polar surface area (TPSA) is 61.9 Å². The number of nitrogens with zero attached hydrogens (tertiary/aromatic N) is 3. The van der Waals surface area contributed by atoms with E-state index in [0.29, 0.717) is 28.6 Å². The Hall–Kier alpha value is -1.34. The van der Waals surface area contributed by atoms with Gasteiger partial charge in [-0.25, -0.2) is 4.98 Å². The summed E-state index contributed by atoms with van der Waals surface area (Å²) in [5, 5.41) is 7.76. The van der Waals surface area contributed by atoms with Gasteiger partial charge in [0.1, 0.15) is 0 Å². The zero-order chi connectivity index (χ0) is 18.4. The lowest BCUT2D eigenvalue weighted by Gasteiger charge is -2.26. The van der Waals surface area contributed by atoms with E-state index in [9.17, 15) is 4.79 Å². The number of benzene rings is 1. The van der Waals surface area contributed by atoms with Crippen molar-refractivity contribution >= 4 is 33.6 Å². The Labute approximate surface area is 162 Å².